The fourth-order valence-corrected chi connectivity index (χ4v) is 5.90. The number of thioether (sulfide) groups is 1. The lowest BCUT2D eigenvalue weighted by Gasteiger charge is -2.32. The number of carbonyl (C=O) groups is 2. The molecule has 0 aliphatic rings. The van der Waals surface area contributed by atoms with Crippen LogP contribution in [-0.4, -0.2) is 57.6 Å². The van der Waals surface area contributed by atoms with E-state index >= 15 is 0 Å². The molecule has 39 heavy (non-hydrogen) atoms. The molecule has 1 atom stereocenters. The molecule has 8 nitrogen and oxygen atoms in total. The van der Waals surface area contributed by atoms with E-state index < -0.39 is 28.5 Å². The quantitative estimate of drug-likeness (QED) is 0.323. The number of sulfonamides is 1. The summed E-state index contributed by atoms with van der Waals surface area (Å²) in [7, 11) is -2.63. The highest BCUT2D eigenvalue weighted by Gasteiger charge is 2.32. The summed E-state index contributed by atoms with van der Waals surface area (Å²) in [6, 6.07) is 19.9. The number of anilines is 1. The maximum absolute atomic E-state index is 13.9. The zero-order chi connectivity index (χ0) is 28.6. The SMILES string of the molecule is CCOc1ccc(N(CC(=O)N(Cc2cccc(C)c2)[C@H](C)C(=O)NC)S(=O)(=O)c2ccc(SC)cc2)cc1. The Balaban J connectivity index is 2.03. The van der Waals surface area contributed by atoms with Gasteiger partial charge < -0.3 is 15.0 Å². The largest absolute Gasteiger partial charge is 0.494 e. The van der Waals surface area contributed by atoms with Crippen LogP contribution in [0.5, 0.6) is 5.75 Å². The second kappa shape index (κ2) is 13.5. The summed E-state index contributed by atoms with van der Waals surface area (Å²) >= 11 is 1.50. The van der Waals surface area contributed by atoms with E-state index in [1.54, 1.807) is 43.3 Å². The van der Waals surface area contributed by atoms with Crippen LogP contribution < -0.4 is 14.4 Å². The molecule has 3 aromatic carbocycles. The van der Waals surface area contributed by atoms with Crippen LogP contribution in [0, 0.1) is 6.92 Å². The number of ether oxygens (including phenoxy) is 1. The summed E-state index contributed by atoms with van der Waals surface area (Å²) in [5.41, 5.74) is 2.16. The van der Waals surface area contributed by atoms with E-state index in [1.165, 1.54) is 35.8 Å². The molecule has 0 saturated heterocycles. The molecule has 0 aromatic heterocycles. The third kappa shape index (κ3) is 7.54. The first-order valence-corrected chi connectivity index (χ1v) is 15.2. The van der Waals surface area contributed by atoms with E-state index in [-0.39, 0.29) is 17.3 Å². The Labute approximate surface area is 235 Å². The molecular formula is C29H35N3O5S2. The van der Waals surface area contributed by atoms with Gasteiger partial charge in [0.05, 0.1) is 17.2 Å². The van der Waals surface area contributed by atoms with Gasteiger partial charge in [-0.3, -0.25) is 13.9 Å². The highest BCUT2D eigenvalue weighted by molar-refractivity contribution is 7.98. The lowest BCUT2D eigenvalue weighted by Crippen LogP contribution is -2.50. The van der Waals surface area contributed by atoms with Gasteiger partial charge in [0, 0.05) is 18.5 Å². The first kappa shape index (κ1) is 30.0. The Hall–Kier alpha value is -3.50. The summed E-state index contributed by atoms with van der Waals surface area (Å²) in [4.78, 5) is 28.8. The number of likely N-dealkylation sites (N-methyl/N-ethyl adjacent to an activating group) is 1. The zero-order valence-corrected chi connectivity index (χ0v) is 24.5. The van der Waals surface area contributed by atoms with Gasteiger partial charge in [-0.25, -0.2) is 8.42 Å². The predicted octanol–water partition coefficient (Wildman–Crippen LogP) is 4.47. The van der Waals surface area contributed by atoms with E-state index in [0.29, 0.717) is 18.0 Å². The summed E-state index contributed by atoms with van der Waals surface area (Å²) < 4.78 is 34.4. The van der Waals surface area contributed by atoms with E-state index in [1.807, 2.05) is 44.4 Å². The van der Waals surface area contributed by atoms with Crippen molar-refractivity contribution in [2.75, 3.05) is 30.8 Å². The molecule has 0 aliphatic heterocycles. The predicted molar refractivity (Wildman–Crippen MR) is 156 cm³/mol. The third-order valence-corrected chi connectivity index (χ3v) is 8.74. The van der Waals surface area contributed by atoms with Gasteiger partial charge in [0.1, 0.15) is 18.3 Å². The van der Waals surface area contributed by atoms with Gasteiger partial charge in [0.2, 0.25) is 11.8 Å². The fraction of sp³-hybridized carbons (Fsp3) is 0.310. The fourth-order valence-electron chi connectivity index (χ4n) is 4.08. The number of rotatable bonds is 12. The van der Waals surface area contributed by atoms with Gasteiger partial charge in [-0.15, -0.1) is 11.8 Å². The average Bonchev–Trinajstić information content (AvgIpc) is 2.94. The van der Waals surface area contributed by atoms with Gasteiger partial charge in [-0.05, 0) is 81.1 Å². The monoisotopic (exact) mass is 569 g/mol. The second-order valence-corrected chi connectivity index (χ2v) is 11.7. The molecule has 0 spiro atoms. The highest BCUT2D eigenvalue weighted by atomic mass is 32.2. The van der Waals surface area contributed by atoms with Crippen LogP contribution >= 0.6 is 11.8 Å². The van der Waals surface area contributed by atoms with Crippen LogP contribution in [0.4, 0.5) is 5.69 Å². The van der Waals surface area contributed by atoms with Crippen molar-refractivity contribution in [1.29, 1.82) is 0 Å². The zero-order valence-electron chi connectivity index (χ0n) is 22.9. The van der Waals surface area contributed by atoms with Crippen LogP contribution in [0.15, 0.2) is 82.6 Å². The van der Waals surface area contributed by atoms with Crippen molar-refractivity contribution < 1.29 is 22.7 Å². The molecule has 208 valence electrons. The Bertz CT molecular complexity index is 1380. The molecule has 3 rings (SSSR count). The topological polar surface area (TPSA) is 96.0 Å². The summed E-state index contributed by atoms with van der Waals surface area (Å²) in [6.45, 7) is 5.55. The highest BCUT2D eigenvalue weighted by Crippen LogP contribution is 2.28. The molecule has 0 fully saturated rings. The standard InChI is InChI=1S/C29H35N3O5S2/c1-6-37-25-12-10-24(11-13-25)32(39(35,36)27-16-14-26(38-5)15-17-27)20-28(33)31(22(3)29(34)30-4)19-23-9-7-8-21(2)18-23/h7-18,22H,6,19-20H2,1-5H3,(H,30,34)/t22-/m1/s1. The molecule has 0 unspecified atom stereocenters. The molecule has 0 aliphatic carbocycles. The van der Waals surface area contributed by atoms with Crippen LogP contribution in [0.2, 0.25) is 0 Å². The number of nitrogens with one attached hydrogen (secondary N) is 1. The van der Waals surface area contributed by atoms with Crippen molar-refractivity contribution in [3.05, 3.63) is 83.9 Å². The first-order chi connectivity index (χ1) is 18.6. The van der Waals surface area contributed by atoms with Gasteiger partial charge >= 0.3 is 0 Å². The number of hydrogen-bond donors (Lipinski definition) is 1. The number of benzene rings is 3. The maximum Gasteiger partial charge on any atom is 0.264 e. The summed E-state index contributed by atoms with van der Waals surface area (Å²) in [5.74, 6) is -0.270. The van der Waals surface area contributed by atoms with E-state index in [2.05, 4.69) is 5.32 Å². The molecule has 10 heteroatoms. The summed E-state index contributed by atoms with van der Waals surface area (Å²) in [5, 5.41) is 2.59. The molecule has 0 saturated carbocycles. The van der Waals surface area contributed by atoms with Crippen LogP contribution in [0.25, 0.3) is 0 Å². The Morgan fingerprint density at radius 2 is 1.69 bits per heavy atom. The average molecular weight is 570 g/mol. The Morgan fingerprint density at radius 1 is 1.03 bits per heavy atom. The maximum atomic E-state index is 13.9. The number of aryl methyl sites for hydroxylation is 1. The van der Waals surface area contributed by atoms with Crippen molar-refractivity contribution in [2.24, 2.45) is 0 Å². The Kier molecular flexibility index (Phi) is 10.4. The minimum Gasteiger partial charge on any atom is -0.494 e. The lowest BCUT2D eigenvalue weighted by atomic mass is 10.1. The van der Waals surface area contributed by atoms with E-state index in [4.69, 9.17) is 4.74 Å². The van der Waals surface area contributed by atoms with E-state index in [9.17, 15) is 18.0 Å². The number of nitrogens with zero attached hydrogens (tertiary/aromatic N) is 2. The van der Waals surface area contributed by atoms with Crippen molar-refractivity contribution in [1.82, 2.24) is 10.2 Å². The molecule has 1 N–H and O–H groups in total. The number of hydrogen-bond acceptors (Lipinski definition) is 6. The number of amides is 2. The smallest absolute Gasteiger partial charge is 0.264 e. The second-order valence-electron chi connectivity index (χ2n) is 8.92. The first-order valence-electron chi connectivity index (χ1n) is 12.6. The minimum atomic E-state index is -4.13. The van der Waals surface area contributed by atoms with Gasteiger partial charge in [-0.1, -0.05) is 29.8 Å². The number of carbonyl (C=O) groups excluding carboxylic acids is 2. The minimum absolute atomic E-state index is 0.0616. The third-order valence-electron chi connectivity index (χ3n) is 6.21. The molecular weight excluding hydrogens is 534 g/mol. The molecule has 0 bridgehead atoms. The van der Waals surface area contributed by atoms with Gasteiger partial charge in [0.25, 0.3) is 10.0 Å². The van der Waals surface area contributed by atoms with Crippen molar-refractivity contribution in [2.45, 2.75) is 43.1 Å². The van der Waals surface area contributed by atoms with E-state index in [0.717, 1.165) is 20.3 Å². The Morgan fingerprint density at radius 3 is 2.26 bits per heavy atom. The van der Waals surface area contributed by atoms with Crippen molar-refractivity contribution in [3.8, 4) is 5.75 Å². The molecule has 3 aromatic rings. The molecule has 2 amide bonds. The molecule has 0 heterocycles. The summed E-state index contributed by atoms with van der Waals surface area (Å²) in [6.07, 6.45) is 1.91. The van der Waals surface area contributed by atoms with Gasteiger partial charge in [-0.2, -0.15) is 0 Å². The van der Waals surface area contributed by atoms with Crippen molar-refractivity contribution in [3.63, 3.8) is 0 Å². The molecule has 0 radical (unpaired) electrons. The van der Waals surface area contributed by atoms with Crippen molar-refractivity contribution >= 4 is 39.3 Å². The normalized spacial score (nSPS) is 11.9. The van der Waals surface area contributed by atoms with Crippen LogP contribution in [0.3, 0.4) is 0 Å². The van der Waals surface area contributed by atoms with Gasteiger partial charge in [0.15, 0.2) is 0 Å². The van der Waals surface area contributed by atoms with Crippen LogP contribution in [-0.2, 0) is 26.2 Å². The van der Waals surface area contributed by atoms with Crippen LogP contribution in [0.1, 0.15) is 25.0 Å². The lowest BCUT2D eigenvalue weighted by molar-refractivity contribution is -0.139.